The molecule has 2 atom stereocenters. The Morgan fingerprint density at radius 1 is 1.31 bits per heavy atom. The summed E-state index contributed by atoms with van der Waals surface area (Å²) in [5.41, 5.74) is 6.42. The molecule has 2 unspecified atom stereocenters. The Balaban J connectivity index is 3.14. The summed E-state index contributed by atoms with van der Waals surface area (Å²) in [5.74, 6) is 0. The number of benzene rings is 1. The van der Waals surface area contributed by atoms with Crippen molar-refractivity contribution in [3.05, 3.63) is 33.8 Å². The van der Waals surface area contributed by atoms with Gasteiger partial charge < -0.3 is 5.73 Å². The summed E-state index contributed by atoms with van der Waals surface area (Å²) in [6.45, 7) is 1.55. The zero-order chi connectivity index (χ0) is 12.5. The molecule has 1 aromatic carbocycles. The molecule has 0 aromatic heterocycles. The lowest BCUT2D eigenvalue weighted by molar-refractivity contribution is 0.571. The maximum atomic E-state index is 11.4. The number of rotatable bonds is 3. The van der Waals surface area contributed by atoms with Crippen molar-refractivity contribution in [3.63, 3.8) is 0 Å². The molecule has 3 nitrogen and oxygen atoms in total. The van der Waals surface area contributed by atoms with E-state index < -0.39 is 21.1 Å². The fourth-order valence-corrected chi connectivity index (χ4v) is 2.39. The van der Waals surface area contributed by atoms with Crippen molar-refractivity contribution in [2.75, 3.05) is 6.26 Å². The fourth-order valence-electron chi connectivity index (χ4n) is 1.29. The third-order valence-corrected chi connectivity index (χ3v) is 4.72. The van der Waals surface area contributed by atoms with Crippen LogP contribution in [0.25, 0.3) is 0 Å². The first-order valence-electron chi connectivity index (χ1n) is 4.63. The van der Waals surface area contributed by atoms with Crippen molar-refractivity contribution < 1.29 is 8.42 Å². The van der Waals surface area contributed by atoms with Gasteiger partial charge in [-0.25, -0.2) is 8.42 Å². The quantitative estimate of drug-likeness (QED) is 0.926. The Labute approximate surface area is 105 Å². The van der Waals surface area contributed by atoms with Gasteiger partial charge in [0.25, 0.3) is 0 Å². The number of sulfone groups is 1. The largest absolute Gasteiger partial charge is 0.323 e. The minimum Gasteiger partial charge on any atom is -0.323 e. The highest BCUT2D eigenvalue weighted by Crippen LogP contribution is 2.28. The first kappa shape index (κ1) is 13.8. The lowest BCUT2D eigenvalue weighted by Gasteiger charge is -2.19. The summed E-state index contributed by atoms with van der Waals surface area (Å²) in [6.07, 6.45) is 1.15. The first-order valence-corrected chi connectivity index (χ1v) is 7.34. The van der Waals surface area contributed by atoms with Crippen molar-refractivity contribution in [2.24, 2.45) is 5.73 Å². The summed E-state index contributed by atoms with van der Waals surface area (Å²) >= 11 is 11.8. The Morgan fingerprint density at radius 3 is 2.38 bits per heavy atom. The summed E-state index contributed by atoms with van der Waals surface area (Å²) < 4.78 is 22.8. The molecule has 0 radical (unpaired) electrons. The molecule has 0 aliphatic carbocycles. The van der Waals surface area contributed by atoms with E-state index in [0.29, 0.717) is 15.6 Å². The van der Waals surface area contributed by atoms with Crippen LogP contribution in [0.5, 0.6) is 0 Å². The second-order valence-electron chi connectivity index (χ2n) is 3.73. The van der Waals surface area contributed by atoms with Crippen LogP contribution < -0.4 is 5.73 Å². The van der Waals surface area contributed by atoms with Crippen LogP contribution in [0, 0.1) is 0 Å². The van der Waals surface area contributed by atoms with Gasteiger partial charge in [-0.15, -0.1) is 0 Å². The summed E-state index contributed by atoms with van der Waals surface area (Å²) in [4.78, 5) is 0. The van der Waals surface area contributed by atoms with E-state index in [2.05, 4.69) is 0 Å². The maximum Gasteiger partial charge on any atom is 0.151 e. The van der Waals surface area contributed by atoms with E-state index >= 15 is 0 Å². The average Bonchev–Trinajstić information content (AvgIpc) is 2.18. The van der Waals surface area contributed by atoms with E-state index in [9.17, 15) is 8.42 Å². The van der Waals surface area contributed by atoms with Crippen molar-refractivity contribution in [1.82, 2.24) is 0 Å². The zero-order valence-corrected chi connectivity index (χ0v) is 11.3. The van der Waals surface area contributed by atoms with Crippen LogP contribution in [0.2, 0.25) is 10.0 Å². The fraction of sp³-hybridized carbons (Fsp3) is 0.400. The lowest BCUT2D eigenvalue weighted by Crippen LogP contribution is -2.30. The predicted molar refractivity (Wildman–Crippen MR) is 67.7 cm³/mol. The Morgan fingerprint density at radius 2 is 1.88 bits per heavy atom. The first-order chi connectivity index (χ1) is 7.23. The predicted octanol–water partition coefficient (Wildman–Crippen LogP) is 2.43. The molecule has 0 saturated carbocycles. The van der Waals surface area contributed by atoms with Crippen molar-refractivity contribution in [3.8, 4) is 0 Å². The van der Waals surface area contributed by atoms with Gasteiger partial charge in [-0.3, -0.25) is 0 Å². The number of nitrogens with two attached hydrogens (primary N) is 1. The van der Waals surface area contributed by atoms with Crippen LogP contribution in [0.4, 0.5) is 0 Å². The summed E-state index contributed by atoms with van der Waals surface area (Å²) in [5, 5.41) is 0.200. The molecule has 0 fully saturated rings. The molecule has 6 heteroatoms. The van der Waals surface area contributed by atoms with E-state index in [0.717, 1.165) is 6.26 Å². The minimum atomic E-state index is -3.21. The average molecular weight is 282 g/mol. The van der Waals surface area contributed by atoms with Crippen molar-refractivity contribution >= 4 is 33.0 Å². The maximum absolute atomic E-state index is 11.4. The topological polar surface area (TPSA) is 60.2 Å². The number of hydrogen-bond acceptors (Lipinski definition) is 3. The van der Waals surface area contributed by atoms with Gasteiger partial charge in [-0.1, -0.05) is 23.2 Å². The number of hydrogen-bond donors (Lipinski definition) is 1. The van der Waals surface area contributed by atoms with Crippen LogP contribution in [0.15, 0.2) is 18.2 Å². The lowest BCUT2D eigenvalue weighted by atomic mass is 10.1. The van der Waals surface area contributed by atoms with E-state index in [4.69, 9.17) is 28.9 Å². The molecule has 0 heterocycles. The molecular formula is C10H13Cl2NO2S. The molecule has 1 aromatic rings. The molecule has 0 amide bonds. The molecule has 2 N–H and O–H groups in total. The van der Waals surface area contributed by atoms with Gasteiger partial charge >= 0.3 is 0 Å². The van der Waals surface area contributed by atoms with E-state index in [1.807, 2.05) is 0 Å². The van der Waals surface area contributed by atoms with Gasteiger partial charge in [0.05, 0.1) is 5.25 Å². The standard InChI is InChI=1S/C10H13Cl2NO2S/c1-6(16(2,14)15)10(13)8-5-7(11)3-4-9(8)12/h3-6,10H,13H2,1-2H3. The van der Waals surface area contributed by atoms with Gasteiger partial charge in [0.2, 0.25) is 0 Å². The Hall–Kier alpha value is -0.290. The van der Waals surface area contributed by atoms with Crippen molar-refractivity contribution in [2.45, 2.75) is 18.2 Å². The molecule has 1 rings (SSSR count). The van der Waals surface area contributed by atoms with Gasteiger partial charge in [0.1, 0.15) is 0 Å². The molecule has 0 saturated heterocycles. The highest BCUT2D eigenvalue weighted by Gasteiger charge is 2.25. The highest BCUT2D eigenvalue weighted by atomic mass is 35.5. The van der Waals surface area contributed by atoms with Crippen LogP contribution in [-0.4, -0.2) is 19.9 Å². The number of halogens is 2. The Bertz CT molecular complexity index is 488. The van der Waals surface area contributed by atoms with Crippen LogP contribution >= 0.6 is 23.2 Å². The normalized spacial score (nSPS) is 15.8. The van der Waals surface area contributed by atoms with E-state index in [1.165, 1.54) is 0 Å². The summed E-state index contributed by atoms with van der Waals surface area (Å²) in [7, 11) is -3.21. The van der Waals surface area contributed by atoms with Gasteiger partial charge in [0.15, 0.2) is 9.84 Å². The molecule has 0 spiro atoms. The molecule has 0 aliphatic rings. The summed E-state index contributed by atoms with van der Waals surface area (Å²) in [6, 6.07) is 4.15. The van der Waals surface area contributed by atoms with Crippen LogP contribution in [0.3, 0.4) is 0 Å². The SMILES string of the molecule is CC(C(N)c1cc(Cl)ccc1Cl)S(C)(=O)=O. The van der Waals surface area contributed by atoms with Crippen LogP contribution in [-0.2, 0) is 9.84 Å². The van der Waals surface area contributed by atoms with Gasteiger partial charge in [0, 0.05) is 22.3 Å². The third kappa shape index (κ3) is 3.10. The second kappa shape index (κ2) is 4.92. The smallest absolute Gasteiger partial charge is 0.151 e. The van der Waals surface area contributed by atoms with Gasteiger partial charge in [-0.05, 0) is 30.7 Å². The van der Waals surface area contributed by atoms with E-state index in [-0.39, 0.29) is 0 Å². The Kier molecular flexibility index (Phi) is 4.23. The molecule has 0 aliphatic heterocycles. The monoisotopic (exact) mass is 281 g/mol. The molecule has 90 valence electrons. The van der Waals surface area contributed by atoms with Gasteiger partial charge in [-0.2, -0.15) is 0 Å². The van der Waals surface area contributed by atoms with E-state index in [1.54, 1.807) is 25.1 Å². The van der Waals surface area contributed by atoms with Crippen LogP contribution in [0.1, 0.15) is 18.5 Å². The highest BCUT2D eigenvalue weighted by molar-refractivity contribution is 7.91. The van der Waals surface area contributed by atoms with Crippen molar-refractivity contribution in [1.29, 1.82) is 0 Å². The second-order valence-corrected chi connectivity index (χ2v) is 6.97. The molecule has 16 heavy (non-hydrogen) atoms. The minimum absolute atomic E-state index is 0.424. The third-order valence-electron chi connectivity index (χ3n) is 2.50. The zero-order valence-electron chi connectivity index (χ0n) is 8.94. The molecule has 0 bridgehead atoms. The molecular weight excluding hydrogens is 269 g/mol.